The lowest BCUT2D eigenvalue weighted by molar-refractivity contribution is 0.545. The van der Waals surface area contributed by atoms with Crippen molar-refractivity contribution in [2.45, 2.75) is 53.2 Å². The third kappa shape index (κ3) is 5.81. The summed E-state index contributed by atoms with van der Waals surface area (Å²) in [6.45, 7) is 11.6. The van der Waals surface area contributed by atoms with Crippen LogP contribution in [0.4, 0.5) is 0 Å². The average Bonchev–Trinajstić information content (AvgIpc) is 2.53. The molecule has 0 saturated heterocycles. The van der Waals surface area contributed by atoms with E-state index in [0.29, 0.717) is 6.04 Å². The number of hydrogen-bond donors (Lipinski definition) is 2. The smallest absolute Gasteiger partial charge is 0.0208 e. The zero-order valence-electron chi connectivity index (χ0n) is 14.9. The SMILES string of the molecule is CCNCc1cc(CC(C)NCc2cccc(C)c2)ccc1C. The molecule has 1 atom stereocenters. The lowest BCUT2D eigenvalue weighted by Crippen LogP contribution is -2.27. The predicted octanol–water partition coefficient (Wildman–Crippen LogP) is 4.13. The molecule has 1 unspecified atom stereocenters. The Balaban J connectivity index is 1.90. The molecule has 0 bridgehead atoms. The molecule has 0 amide bonds. The van der Waals surface area contributed by atoms with Gasteiger partial charge in [-0.25, -0.2) is 0 Å². The van der Waals surface area contributed by atoms with E-state index in [1.54, 1.807) is 0 Å². The van der Waals surface area contributed by atoms with Crippen molar-refractivity contribution in [1.82, 2.24) is 10.6 Å². The number of nitrogens with one attached hydrogen (secondary N) is 2. The quantitative estimate of drug-likeness (QED) is 0.766. The molecule has 2 aromatic carbocycles. The van der Waals surface area contributed by atoms with Gasteiger partial charge in [0, 0.05) is 19.1 Å². The summed E-state index contributed by atoms with van der Waals surface area (Å²) in [5, 5.41) is 7.06. The van der Waals surface area contributed by atoms with Crippen LogP contribution in [0.1, 0.15) is 41.7 Å². The fourth-order valence-electron chi connectivity index (χ4n) is 2.84. The van der Waals surface area contributed by atoms with Crippen LogP contribution in [0.2, 0.25) is 0 Å². The van der Waals surface area contributed by atoms with Crippen molar-refractivity contribution in [2.24, 2.45) is 0 Å². The molecule has 2 aromatic rings. The lowest BCUT2D eigenvalue weighted by Gasteiger charge is -2.16. The summed E-state index contributed by atoms with van der Waals surface area (Å²) in [7, 11) is 0. The first-order valence-corrected chi connectivity index (χ1v) is 8.66. The topological polar surface area (TPSA) is 24.1 Å². The highest BCUT2D eigenvalue weighted by atomic mass is 14.9. The zero-order valence-corrected chi connectivity index (χ0v) is 14.9. The normalized spacial score (nSPS) is 12.3. The molecule has 0 aliphatic rings. The van der Waals surface area contributed by atoms with Crippen molar-refractivity contribution in [3.05, 3.63) is 70.3 Å². The Hall–Kier alpha value is -1.64. The standard InChI is InChI=1S/C21H30N2/c1-5-22-15-21-13-19(10-9-17(21)3)12-18(4)23-14-20-8-6-7-16(2)11-20/h6-11,13,18,22-23H,5,12,14-15H2,1-4H3. The molecule has 2 N–H and O–H groups in total. The second-order valence-electron chi connectivity index (χ2n) is 6.52. The second kappa shape index (κ2) is 8.85. The highest BCUT2D eigenvalue weighted by Crippen LogP contribution is 2.13. The second-order valence-corrected chi connectivity index (χ2v) is 6.52. The van der Waals surface area contributed by atoms with Crippen LogP contribution in [0.5, 0.6) is 0 Å². The van der Waals surface area contributed by atoms with Crippen LogP contribution in [0.25, 0.3) is 0 Å². The molecule has 2 rings (SSSR count). The maximum atomic E-state index is 3.64. The van der Waals surface area contributed by atoms with Crippen LogP contribution in [0.3, 0.4) is 0 Å². The Morgan fingerprint density at radius 3 is 2.52 bits per heavy atom. The molecular weight excluding hydrogens is 280 g/mol. The van der Waals surface area contributed by atoms with Gasteiger partial charge >= 0.3 is 0 Å². The minimum atomic E-state index is 0.463. The number of hydrogen-bond acceptors (Lipinski definition) is 2. The first kappa shape index (κ1) is 17.7. The predicted molar refractivity (Wildman–Crippen MR) is 99.7 cm³/mol. The molecule has 124 valence electrons. The number of rotatable bonds is 8. The maximum Gasteiger partial charge on any atom is 0.0208 e. The van der Waals surface area contributed by atoms with E-state index in [1.807, 2.05) is 0 Å². The highest BCUT2D eigenvalue weighted by Gasteiger charge is 2.06. The molecule has 0 aliphatic carbocycles. The van der Waals surface area contributed by atoms with Crippen molar-refractivity contribution in [3.8, 4) is 0 Å². The van der Waals surface area contributed by atoms with Gasteiger partial charge in [-0.2, -0.15) is 0 Å². The third-order valence-electron chi connectivity index (χ3n) is 4.26. The van der Waals surface area contributed by atoms with E-state index in [1.165, 1.54) is 27.8 Å². The molecule has 2 heteroatoms. The van der Waals surface area contributed by atoms with Crippen LogP contribution >= 0.6 is 0 Å². The van der Waals surface area contributed by atoms with Crippen molar-refractivity contribution in [3.63, 3.8) is 0 Å². The lowest BCUT2D eigenvalue weighted by atomic mass is 10.0. The van der Waals surface area contributed by atoms with Crippen molar-refractivity contribution >= 4 is 0 Å². The Bertz CT molecular complexity index is 619. The number of aryl methyl sites for hydroxylation is 2. The van der Waals surface area contributed by atoms with E-state index in [4.69, 9.17) is 0 Å². The van der Waals surface area contributed by atoms with Gasteiger partial charge in [-0.1, -0.05) is 55.0 Å². The molecular formula is C21H30N2. The summed E-state index contributed by atoms with van der Waals surface area (Å²) in [6, 6.07) is 16.0. The Kier molecular flexibility index (Phi) is 6.82. The summed E-state index contributed by atoms with van der Waals surface area (Å²) in [5.74, 6) is 0. The fourth-order valence-corrected chi connectivity index (χ4v) is 2.84. The maximum absolute atomic E-state index is 3.64. The van der Waals surface area contributed by atoms with Gasteiger partial charge in [0.05, 0.1) is 0 Å². The summed E-state index contributed by atoms with van der Waals surface area (Å²) < 4.78 is 0. The molecule has 0 fully saturated rings. The van der Waals surface area contributed by atoms with E-state index >= 15 is 0 Å². The van der Waals surface area contributed by atoms with Gasteiger partial charge in [0.15, 0.2) is 0 Å². The van der Waals surface area contributed by atoms with Gasteiger partial charge in [-0.15, -0.1) is 0 Å². The van der Waals surface area contributed by atoms with Gasteiger partial charge in [-0.3, -0.25) is 0 Å². The summed E-state index contributed by atoms with van der Waals surface area (Å²) in [5.41, 5.74) is 6.87. The molecule has 0 spiro atoms. The third-order valence-corrected chi connectivity index (χ3v) is 4.26. The zero-order chi connectivity index (χ0) is 16.7. The van der Waals surface area contributed by atoms with E-state index in [2.05, 4.69) is 80.8 Å². The number of benzene rings is 2. The van der Waals surface area contributed by atoms with Crippen LogP contribution in [-0.4, -0.2) is 12.6 Å². The van der Waals surface area contributed by atoms with Crippen molar-refractivity contribution < 1.29 is 0 Å². The minimum Gasteiger partial charge on any atom is -0.313 e. The molecule has 23 heavy (non-hydrogen) atoms. The minimum absolute atomic E-state index is 0.463. The molecule has 0 heterocycles. The first-order chi connectivity index (χ1) is 11.1. The van der Waals surface area contributed by atoms with Crippen molar-refractivity contribution in [2.75, 3.05) is 6.54 Å². The molecule has 2 nitrogen and oxygen atoms in total. The molecule has 0 aromatic heterocycles. The Morgan fingerprint density at radius 2 is 1.78 bits per heavy atom. The molecule has 0 radical (unpaired) electrons. The first-order valence-electron chi connectivity index (χ1n) is 8.66. The van der Waals surface area contributed by atoms with Gasteiger partial charge in [0.1, 0.15) is 0 Å². The Morgan fingerprint density at radius 1 is 0.957 bits per heavy atom. The average molecular weight is 310 g/mol. The van der Waals surface area contributed by atoms with Crippen LogP contribution in [0, 0.1) is 13.8 Å². The highest BCUT2D eigenvalue weighted by molar-refractivity contribution is 5.31. The molecule has 0 aliphatic heterocycles. The van der Waals surface area contributed by atoms with E-state index < -0.39 is 0 Å². The monoisotopic (exact) mass is 310 g/mol. The van der Waals surface area contributed by atoms with Gasteiger partial charge < -0.3 is 10.6 Å². The summed E-state index contributed by atoms with van der Waals surface area (Å²) >= 11 is 0. The van der Waals surface area contributed by atoms with Crippen LogP contribution < -0.4 is 10.6 Å². The van der Waals surface area contributed by atoms with E-state index in [9.17, 15) is 0 Å². The largest absolute Gasteiger partial charge is 0.313 e. The van der Waals surface area contributed by atoms with Gasteiger partial charge in [-0.05, 0) is 56.0 Å². The van der Waals surface area contributed by atoms with Gasteiger partial charge in [0.2, 0.25) is 0 Å². The van der Waals surface area contributed by atoms with Crippen molar-refractivity contribution in [1.29, 1.82) is 0 Å². The summed E-state index contributed by atoms with van der Waals surface area (Å²) in [4.78, 5) is 0. The van der Waals surface area contributed by atoms with Crippen LogP contribution in [0.15, 0.2) is 42.5 Å². The fraction of sp³-hybridized carbons (Fsp3) is 0.429. The Labute approximate surface area is 141 Å². The summed E-state index contributed by atoms with van der Waals surface area (Å²) in [6.07, 6.45) is 1.06. The van der Waals surface area contributed by atoms with E-state index in [-0.39, 0.29) is 0 Å². The van der Waals surface area contributed by atoms with Crippen LogP contribution in [-0.2, 0) is 19.5 Å². The van der Waals surface area contributed by atoms with Gasteiger partial charge in [0.25, 0.3) is 0 Å². The molecule has 0 saturated carbocycles. The van der Waals surface area contributed by atoms with E-state index in [0.717, 1.165) is 26.1 Å².